The summed E-state index contributed by atoms with van der Waals surface area (Å²) in [4.78, 5) is 0. The van der Waals surface area contributed by atoms with Crippen molar-refractivity contribution in [3.05, 3.63) is 45.9 Å². The highest BCUT2D eigenvalue weighted by atomic mass is 35.5. The SMILES string of the molecule is S=c1[nH]ncn1/N=C\c1cccc(Cl)c1. The number of aromatic amines is 1. The summed E-state index contributed by atoms with van der Waals surface area (Å²) in [5.74, 6) is 0. The van der Waals surface area contributed by atoms with Crippen molar-refractivity contribution in [1.82, 2.24) is 14.9 Å². The Morgan fingerprint density at radius 2 is 2.40 bits per heavy atom. The van der Waals surface area contributed by atoms with Crippen LogP contribution in [0.4, 0.5) is 0 Å². The number of nitrogens with one attached hydrogen (secondary N) is 1. The molecule has 0 saturated carbocycles. The van der Waals surface area contributed by atoms with Gasteiger partial charge in [-0.25, -0.2) is 0 Å². The van der Waals surface area contributed by atoms with Gasteiger partial charge in [-0.1, -0.05) is 23.7 Å². The fourth-order valence-corrected chi connectivity index (χ4v) is 1.39. The van der Waals surface area contributed by atoms with Crippen LogP contribution in [-0.4, -0.2) is 21.1 Å². The molecule has 1 heterocycles. The van der Waals surface area contributed by atoms with E-state index in [0.29, 0.717) is 9.79 Å². The highest BCUT2D eigenvalue weighted by Crippen LogP contribution is 2.08. The highest BCUT2D eigenvalue weighted by Gasteiger charge is 1.91. The van der Waals surface area contributed by atoms with Gasteiger partial charge in [-0.3, -0.25) is 5.10 Å². The number of benzene rings is 1. The van der Waals surface area contributed by atoms with Crippen molar-refractivity contribution in [2.24, 2.45) is 5.10 Å². The van der Waals surface area contributed by atoms with E-state index >= 15 is 0 Å². The van der Waals surface area contributed by atoms with Crippen molar-refractivity contribution >= 4 is 30.0 Å². The van der Waals surface area contributed by atoms with Crippen LogP contribution in [0.2, 0.25) is 5.02 Å². The number of H-pyrrole nitrogens is 1. The molecule has 0 spiro atoms. The second-order valence-electron chi connectivity index (χ2n) is 2.81. The molecular weight excluding hydrogens is 232 g/mol. The third kappa shape index (κ3) is 2.51. The second kappa shape index (κ2) is 4.37. The summed E-state index contributed by atoms with van der Waals surface area (Å²) in [6.07, 6.45) is 3.17. The van der Waals surface area contributed by atoms with E-state index in [-0.39, 0.29) is 0 Å². The zero-order valence-corrected chi connectivity index (χ0v) is 9.16. The topological polar surface area (TPSA) is 46.0 Å². The molecule has 1 N–H and O–H groups in total. The lowest BCUT2D eigenvalue weighted by Crippen LogP contribution is -1.88. The number of halogens is 1. The van der Waals surface area contributed by atoms with Gasteiger partial charge in [0.2, 0.25) is 4.77 Å². The fourth-order valence-electron chi connectivity index (χ4n) is 1.04. The third-order valence-electron chi connectivity index (χ3n) is 1.72. The second-order valence-corrected chi connectivity index (χ2v) is 3.63. The predicted octanol–water partition coefficient (Wildman–Crippen LogP) is 2.48. The Morgan fingerprint density at radius 1 is 1.53 bits per heavy atom. The first-order valence-corrected chi connectivity index (χ1v) is 4.96. The zero-order chi connectivity index (χ0) is 10.7. The Bertz CT molecular complexity index is 543. The molecule has 0 fully saturated rings. The highest BCUT2D eigenvalue weighted by molar-refractivity contribution is 7.71. The Morgan fingerprint density at radius 3 is 3.07 bits per heavy atom. The van der Waals surface area contributed by atoms with Gasteiger partial charge in [0.25, 0.3) is 0 Å². The van der Waals surface area contributed by atoms with Crippen LogP contribution in [0.5, 0.6) is 0 Å². The molecule has 0 saturated heterocycles. The van der Waals surface area contributed by atoms with Gasteiger partial charge in [-0.15, -0.1) is 0 Å². The molecule has 76 valence electrons. The van der Waals surface area contributed by atoms with Gasteiger partial charge in [0.1, 0.15) is 6.33 Å². The molecule has 0 bridgehead atoms. The molecule has 15 heavy (non-hydrogen) atoms. The number of hydrogen-bond acceptors (Lipinski definition) is 3. The number of aromatic nitrogens is 3. The van der Waals surface area contributed by atoms with E-state index in [2.05, 4.69) is 15.3 Å². The molecule has 0 aliphatic carbocycles. The maximum absolute atomic E-state index is 5.83. The maximum atomic E-state index is 5.83. The zero-order valence-electron chi connectivity index (χ0n) is 7.59. The first-order valence-electron chi connectivity index (χ1n) is 4.17. The van der Waals surface area contributed by atoms with Gasteiger partial charge >= 0.3 is 0 Å². The molecule has 0 radical (unpaired) electrons. The standard InChI is InChI=1S/C9H7ClN4S/c10-8-3-1-2-7(4-8)5-12-14-6-11-13-9(14)15/h1-6H,(H,13,15)/b12-5-. The quantitative estimate of drug-likeness (QED) is 0.645. The summed E-state index contributed by atoms with van der Waals surface area (Å²) >= 11 is 10.8. The van der Waals surface area contributed by atoms with Gasteiger partial charge in [0, 0.05) is 5.02 Å². The normalized spacial score (nSPS) is 11.0. The van der Waals surface area contributed by atoms with Gasteiger partial charge in [-0.05, 0) is 29.9 Å². The molecule has 0 aliphatic rings. The molecule has 2 rings (SSSR count). The molecule has 0 atom stereocenters. The van der Waals surface area contributed by atoms with Crippen LogP contribution in [0.3, 0.4) is 0 Å². The largest absolute Gasteiger partial charge is 0.250 e. The summed E-state index contributed by atoms with van der Waals surface area (Å²) in [5, 5.41) is 11.1. The van der Waals surface area contributed by atoms with E-state index in [4.69, 9.17) is 23.8 Å². The number of rotatable bonds is 2. The smallest absolute Gasteiger partial charge is 0.216 e. The van der Waals surface area contributed by atoms with Crippen molar-refractivity contribution in [1.29, 1.82) is 0 Å². The van der Waals surface area contributed by atoms with Crippen LogP contribution in [0.1, 0.15) is 5.56 Å². The van der Waals surface area contributed by atoms with E-state index in [9.17, 15) is 0 Å². The van der Waals surface area contributed by atoms with Crippen LogP contribution in [0.15, 0.2) is 35.7 Å². The lowest BCUT2D eigenvalue weighted by molar-refractivity contribution is 0.863. The number of hydrogen-bond donors (Lipinski definition) is 1. The van der Waals surface area contributed by atoms with Crippen LogP contribution in [-0.2, 0) is 0 Å². The van der Waals surface area contributed by atoms with Crippen molar-refractivity contribution in [3.8, 4) is 0 Å². The fraction of sp³-hybridized carbons (Fsp3) is 0. The molecular formula is C9H7ClN4S. The van der Waals surface area contributed by atoms with Gasteiger partial charge < -0.3 is 0 Å². The third-order valence-corrected chi connectivity index (χ3v) is 2.23. The van der Waals surface area contributed by atoms with Crippen LogP contribution in [0, 0.1) is 4.77 Å². The molecule has 2 aromatic rings. The van der Waals surface area contributed by atoms with Crippen LogP contribution in [0.25, 0.3) is 0 Å². The van der Waals surface area contributed by atoms with Crippen molar-refractivity contribution in [2.45, 2.75) is 0 Å². The minimum Gasteiger partial charge on any atom is -0.250 e. The molecule has 4 nitrogen and oxygen atoms in total. The summed E-state index contributed by atoms with van der Waals surface area (Å²) in [6.45, 7) is 0. The van der Waals surface area contributed by atoms with E-state index in [1.54, 1.807) is 6.21 Å². The lowest BCUT2D eigenvalue weighted by Gasteiger charge is -1.93. The van der Waals surface area contributed by atoms with Gasteiger partial charge in [-0.2, -0.15) is 14.9 Å². The van der Waals surface area contributed by atoms with Gasteiger partial charge in [0.15, 0.2) is 0 Å². The maximum Gasteiger partial charge on any atom is 0.216 e. The lowest BCUT2D eigenvalue weighted by atomic mass is 10.2. The van der Waals surface area contributed by atoms with E-state index in [0.717, 1.165) is 5.56 Å². The summed E-state index contributed by atoms with van der Waals surface area (Å²) in [5.41, 5.74) is 0.908. The summed E-state index contributed by atoms with van der Waals surface area (Å²) in [6, 6.07) is 7.38. The van der Waals surface area contributed by atoms with Gasteiger partial charge in [0.05, 0.1) is 6.21 Å². The minimum absolute atomic E-state index is 0.452. The molecule has 1 aromatic carbocycles. The van der Waals surface area contributed by atoms with E-state index in [1.165, 1.54) is 11.0 Å². The van der Waals surface area contributed by atoms with E-state index < -0.39 is 0 Å². The first kappa shape index (κ1) is 10.1. The summed E-state index contributed by atoms with van der Waals surface area (Å²) in [7, 11) is 0. The predicted molar refractivity (Wildman–Crippen MR) is 61.9 cm³/mol. The molecule has 1 aromatic heterocycles. The van der Waals surface area contributed by atoms with E-state index in [1.807, 2.05) is 24.3 Å². The average Bonchev–Trinajstić information content (AvgIpc) is 2.61. The Balaban J connectivity index is 2.26. The van der Waals surface area contributed by atoms with Crippen LogP contribution < -0.4 is 0 Å². The monoisotopic (exact) mass is 238 g/mol. The summed E-state index contributed by atoms with van der Waals surface area (Å²) < 4.78 is 1.92. The molecule has 0 unspecified atom stereocenters. The Kier molecular flexibility index (Phi) is 2.94. The first-order chi connectivity index (χ1) is 7.25. The molecule has 0 amide bonds. The minimum atomic E-state index is 0.452. The van der Waals surface area contributed by atoms with Crippen LogP contribution >= 0.6 is 23.8 Å². The Labute approximate surface area is 96.2 Å². The van der Waals surface area contributed by atoms with Crippen molar-refractivity contribution in [3.63, 3.8) is 0 Å². The van der Waals surface area contributed by atoms with Crippen molar-refractivity contribution < 1.29 is 0 Å². The Hall–Kier alpha value is -1.46. The molecule has 0 aliphatic heterocycles. The molecule has 6 heteroatoms. The number of nitrogens with zero attached hydrogens (tertiary/aromatic N) is 3. The van der Waals surface area contributed by atoms with Crippen molar-refractivity contribution in [2.75, 3.05) is 0 Å². The average molecular weight is 239 g/mol.